The molecule has 2 heterocycles. The van der Waals surface area contributed by atoms with E-state index in [0.717, 1.165) is 22.9 Å². The lowest BCUT2D eigenvalue weighted by molar-refractivity contribution is 0.560. The lowest BCUT2D eigenvalue weighted by Gasteiger charge is -2.09. The first kappa shape index (κ1) is 13.3. The minimum Gasteiger partial charge on any atom is -0.302 e. The smallest absolute Gasteiger partial charge is 0.110 e. The second kappa shape index (κ2) is 5.34. The van der Waals surface area contributed by atoms with Gasteiger partial charge in [-0.1, -0.05) is 18.2 Å². The van der Waals surface area contributed by atoms with E-state index in [4.69, 9.17) is 0 Å². The molecule has 0 bridgehead atoms. The van der Waals surface area contributed by atoms with Crippen molar-refractivity contribution >= 4 is 22.2 Å². The van der Waals surface area contributed by atoms with Crippen LogP contribution in [0.3, 0.4) is 0 Å². The van der Waals surface area contributed by atoms with Gasteiger partial charge in [-0.3, -0.25) is 4.68 Å². The van der Waals surface area contributed by atoms with Crippen molar-refractivity contribution in [3.63, 3.8) is 0 Å². The summed E-state index contributed by atoms with van der Waals surface area (Å²) in [6.45, 7) is 4.92. The largest absolute Gasteiger partial charge is 0.302 e. The lowest BCUT2D eigenvalue weighted by atomic mass is 10.2. The molecule has 0 spiro atoms. The fourth-order valence-electron chi connectivity index (χ4n) is 2.33. The van der Waals surface area contributed by atoms with Crippen LogP contribution in [0.5, 0.6) is 0 Å². The third-order valence-electron chi connectivity index (χ3n) is 3.42. The standard InChI is InChI=1S/C15H18N4S/c1-10-9-20-15(17-10)11(2)16-8-13-12-6-4-5-7-14(12)19(3)18-13/h4-7,9,11,16H,8H2,1-3H3. The topological polar surface area (TPSA) is 42.7 Å². The monoisotopic (exact) mass is 286 g/mol. The van der Waals surface area contributed by atoms with Crippen molar-refractivity contribution in [1.29, 1.82) is 0 Å². The number of nitrogens with one attached hydrogen (secondary N) is 1. The molecule has 4 nitrogen and oxygen atoms in total. The van der Waals surface area contributed by atoms with Gasteiger partial charge in [0.2, 0.25) is 0 Å². The Balaban J connectivity index is 1.77. The van der Waals surface area contributed by atoms with Crippen LogP contribution in [0.4, 0.5) is 0 Å². The van der Waals surface area contributed by atoms with Crippen LogP contribution in [0.25, 0.3) is 10.9 Å². The van der Waals surface area contributed by atoms with Crippen LogP contribution in [-0.4, -0.2) is 14.8 Å². The number of hydrogen-bond acceptors (Lipinski definition) is 4. The maximum absolute atomic E-state index is 4.60. The zero-order valence-corrected chi connectivity index (χ0v) is 12.7. The average molecular weight is 286 g/mol. The Kier molecular flexibility index (Phi) is 3.54. The Labute approximate surface area is 122 Å². The molecule has 20 heavy (non-hydrogen) atoms. The maximum Gasteiger partial charge on any atom is 0.110 e. The van der Waals surface area contributed by atoms with Gasteiger partial charge in [0.15, 0.2) is 0 Å². The summed E-state index contributed by atoms with van der Waals surface area (Å²) in [4.78, 5) is 4.52. The highest BCUT2D eigenvalue weighted by atomic mass is 32.1. The van der Waals surface area contributed by atoms with Gasteiger partial charge in [0.1, 0.15) is 5.01 Å². The number of benzene rings is 1. The molecule has 1 N–H and O–H groups in total. The van der Waals surface area contributed by atoms with E-state index in [2.05, 4.69) is 45.9 Å². The van der Waals surface area contributed by atoms with E-state index >= 15 is 0 Å². The van der Waals surface area contributed by atoms with Crippen LogP contribution < -0.4 is 5.32 Å². The predicted octanol–water partition coefficient (Wildman–Crippen LogP) is 3.19. The zero-order valence-electron chi connectivity index (χ0n) is 11.9. The van der Waals surface area contributed by atoms with E-state index in [-0.39, 0.29) is 6.04 Å². The summed E-state index contributed by atoms with van der Waals surface area (Å²) in [6, 6.07) is 8.56. The molecule has 0 saturated heterocycles. The van der Waals surface area contributed by atoms with Crippen molar-refractivity contribution < 1.29 is 0 Å². The molecular formula is C15H18N4S. The van der Waals surface area contributed by atoms with E-state index in [1.54, 1.807) is 11.3 Å². The summed E-state index contributed by atoms with van der Waals surface area (Å²) >= 11 is 1.70. The summed E-state index contributed by atoms with van der Waals surface area (Å²) in [5, 5.41) is 12.5. The molecule has 1 atom stereocenters. The molecule has 0 amide bonds. The molecule has 3 aromatic rings. The molecule has 0 saturated carbocycles. The molecular weight excluding hydrogens is 268 g/mol. The number of fused-ring (bicyclic) bond motifs is 1. The molecule has 0 aliphatic heterocycles. The maximum atomic E-state index is 4.60. The first-order valence-electron chi connectivity index (χ1n) is 6.71. The number of nitrogens with zero attached hydrogens (tertiary/aromatic N) is 3. The zero-order chi connectivity index (χ0) is 14.1. The highest BCUT2D eigenvalue weighted by Crippen LogP contribution is 2.20. The summed E-state index contributed by atoms with van der Waals surface area (Å²) in [5.74, 6) is 0. The predicted molar refractivity (Wildman–Crippen MR) is 82.8 cm³/mol. The molecule has 0 radical (unpaired) electrons. The molecule has 1 aromatic carbocycles. The van der Waals surface area contributed by atoms with Crippen LogP contribution in [0, 0.1) is 6.92 Å². The van der Waals surface area contributed by atoms with Gasteiger partial charge in [0.25, 0.3) is 0 Å². The van der Waals surface area contributed by atoms with E-state index in [1.807, 2.05) is 24.7 Å². The SMILES string of the molecule is Cc1csc(C(C)NCc2nn(C)c3ccccc23)n1. The van der Waals surface area contributed by atoms with Crippen LogP contribution in [0.1, 0.15) is 29.4 Å². The van der Waals surface area contributed by atoms with E-state index in [9.17, 15) is 0 Å². The molecule has 1 unspecified atom stereocenters. The Morgan fingerprint density at radius 3 is 2.90 bits per heavy atom. The lowest BCUT2D eigenvalue weighted by Crippen LogP contribution is -2.18. The fraction of sp³-hybridized carbons (Fsp3) is 0.333. The van der Waals surface area contributed by atoms with Crippen molar-refractivity contribution in [1.82, 2.24) is 20.1 Å². The van der Waals surface area contributed by atoms with Crippen molar-refractivity contribution in [2.75, 3.05) is 0 Å². The van der Waals surface area contributed by atoms with Gasteiger partial charge >= 0.3 is 0 Å². The van der Waals surface area contributed by atoms with E-state index < -0.39 is 0 Å². The Hall–Kier alpha value is -1.72. The summed E-state index contributed by atoms with van der Waals surface area (Å²) in [5.41, 5.74) is 3.34. The van der Waals surface area contributed by atoms with Crippen LogP contribution >= 0.6 is 11.3 Å². The first-order valence-corrected chi connectivity index (χ1v) is 7.59. The fourth-order valence-corrected chi connectivity index (χ4v) is 3.16. The number of hydrogen-bond donors (Lipinski definition) is 1. The number of aryl methyl sites for hydroxylation is 2. The van der Waals surface area contributed by atoms with Crippen molar-refractivity contribution in [3.05, 3.63) is 46.0 Å². The van der Waals surface area contributed by atoms with Gasteiger partial charge in [-0.25, -0.2) is 4.98 Å². The van der Waals surface area contributed by atoms with Gasteiger partial charge < -0.3 is 5.32 Å². The second-order valence-corrected chi connectivity index (χ2v) is 5.91. The Morgan fingerprint density at radius 2 is 2.15 bits per heavy atom. The quantitative estimate of drug-likeness (QED) is 0.801. The van der Waals surface area contributed by atoms with Gasteiger partial charge in [-0.2, -0.15) is 5.10 Å². The number of thiazole rings is 1. The minimum atomic E-state index is 0.245. The van der Waals surface area contributed by atoms with Gasteiger partial charge in [0, 0.05) is 30.1 Å². The molecule has 5 heteroatoms. The number of para-hydroxylation sites is 1. The van der Waals surface area contributed by atoms with Crippen molar-refractivity contribution in [2.24, 2.45) is 7.05 Å². The second-order valence-electron chi connectivity index (χ2n) is 5.02. The van der Waals surface area contributed by atoms with E-state index in [0.29, 0.717) is 0 Å². The Bertz CT molecular complexity index is 728. The highest BCUT2D eigenvalue weighted by Gasteiger charge is 2.12. The summed E-state index contributed by atoms with van der Waals surface area (Å²) in [6.07, 6.45) is 0. The van der Waals surface area contributed by atoms with Gasteiger partial charge in [-0.15, -0.1) is 11.3 Å². The van der Waals surface area contributed by atoms with Crippen molar-refractivity contribution in [2.45, 2.75) is 26.4 Å². The molecule has 104 valence electrons. The van der Waals surface area contributed by atoms with Crippen LogP contribution in [-0.2, 0) is 13.6 Å². The van der Waals surface area contributed by atoms with Crippen LogP contribution in [0.2, 0.25) is 0 Å². The first-order chi connectivity index (χ1) is 9.65. The Morgan fingerprint density at radius 1 is 1.35 bits per heavy atom. The summed E-state index contributed by atoms with van der Waals surface area (Å²) < 4.78 is 1.94. The molecule has 2 aromatic heterocycles. The van der Waals surface area contributed by atoms with Crippen molar-refractivity contribution in [3.8, 4) is 0 Å². The minimum absolute atomic E-state index is 0.245. The summed E-state index contributed by atoms with van der Waals surface area (Å²) in [7, 11) is 1.99. The van der Waals surface area contributed by atoms with E-state index in [1.165, 1.54) is 10.9 Å². The molecule has 0 aliphatic carbocycles. The number of rotatable bonds is 4. The van der Waals surface area contributed by atoms with Gasteiger partial charge in [-0.05, 0) is 19.9 Å². The third-order valence-corrected chi connectivity index (χ3v) is 4.56. The molecule has 0 aliphatic rings. The normalized spacial score (nSPS) is 12.9. The molecule has 0 fully saturated rings. The third kappa shape index (κ3) is 2.46. The number of aromatic nitrogens is 3. The highest BCUT2D eigenvalue weighted by molar-refractivity contribution is 7.09. The van der Waals surface area contributed by atoms with Gasteiger partial charge in [0.05, 0.1) is 17.3 Å². The molecule has 3 rings (SSSR count). The van der Waals surface area contributed by atoms with Crippen LogP contribution in [0.15, 0.2) is 29.6 Å². The average Bonchev–Trinajstić information content (AvgIpc) is 3.01.